The molecule has 0 saturated carbocycles. The molecular weight excluding hydrogens is 318 g/mol. The first-order valence-electron chi connectivity index (χ1n) is 5.21. The van der Waals surface area contributed by atoms with E-state index in [1.165, 1.54) is 6.20 Å². The van der Waals surface area contributed by atoms with Crippen molar-refractivity contribution in [1.82, 2.24) is 9.71 Å². The van der Waals surface area contributed by atoms with Crippen molar-refractivity contribution < 1.29 is 27.1 Å². The number of carboxylic acid groups (broad SMARTS) is 1. The van der Waals surface area contributed by atoms with E-state index in [1.54, 1.807) is 4.72 Å². The molecule has 10 heteroatoms. The zero-order chi connectivity index (χ0) is 15.6. The molecule has 1 aromatic rings. The lowest BCUT2D eigenvalue weighted by Gasteiger charge is -2.27. The number of nitrogens with zero attached hydrogens (tertiary/aromatic N) is 1. The zero-order valence-corrected chi connectivity index (χ0v) is 11.8. The monoisotopic (exact) mass is 328 g/mol. The van der Waals surface area contributed by atoms with Crippen LogP contribution in [-0.2, 0) is 14.8 Å². The van der Waals surface area contributed by atoms with Gasteiger partial charge in [-0.05, 0) is 13.0 Å². The molecule has 1 aromatic heterocycles. The average Bonchev–Trinajstić information content (AvgIpc) is 2.26. The van der Waals surface area contributed by atoms with Crippen molar-refractivity contribution in [2.24, 2.45) is 0 Å². The molecule has 0 aliphatic rings. The lowest BCUT2D eigenvalue weighted by Crippen LogP contribution is -2.52. The summed E-state index contributed by atoms with van der Waals surface area (Å²) in [4.78, 5) is 13.7. The molecule has 1 unspecified atom stereocenters. The van der Waals surface area contributed by atoms with Gasteiger partial charge >= 0.3 is 5.97 Å². The summed E-state index contributed by atoms with van der Waals surface area (Å²) in [5.41, 5.74) is -2.44. The van der Waals surface area contributed by atoms with Crippen LogP contribution >= 0.6 is 11.6 Å². The smallest absolute Gasteiger partial charge is 0.305 e. The van der Waals surface area contributed by atoms with Crippen LogP contribution in [0.2, 0.25) is 5.02 Å². The van der Waals surface area contributed by atoms with E-state index in [4.69, 9.17) is 16.7 Å². The first-order chi connectivity index (χ1) is 9.07. The van der Waals surface area contributed by atoms with Crippen LogP contribution in [0.15, 0.2) is 23.4 Å². The van der Waals surface area contributed by atoms with E-state index in [0.717, 1.165) is 19.2 Å². The Morgan fingerprint density at radius 1 is 1.55 bits per heavy atom. The Hall–Kier alpha value is -1.32. The normalized spacial score (nSPS) is 15.1. The highest BCUT2D eigenvalue weighted by molar-refractivity contribution is 7.89. The van der Waals surface area contributed by atoms with Crippen molar-refractivity contribution in [3.05, 3.63) is 23.5 Å². The number of aliphatic carboxylic acids is 1. The van der Waals surface area contributed by atoms with E-state index in [0.29, 0.717) is 0 Å². The Kier molecular flexibility index (Phi) is 5.00. The first kappa shape index (κ1) is 16.7. The summed E-state index contributed by atoms with van der Waals surface area (Å²) in [5.74, 6) is -1.56. The van der Waals surface area contributed by atoms with Gasteiger partial charge in [-0.2, -0.15) is 4.72 Å². The molecule has 1 heterocycles. The van der Waals surface area contributed by atoms with Crippen molar-refractivity contribution in [3.8, 4) is 0 Å². The van der Waals surface area contributed by atoms with Gasteiger partial charge in [-0.25, -0.2) is 17.2 Å². The van der Waals surface area contributed by atoms with Crippen LogP contribution in [0.25, 0.3) is 0 Å². The predicted molar refractivity (Wildman–Crippen MR) is 66.2 cm³/mol. The minimum absolute atomic E-state index is 0.00450. The van der Waals surface area contributed by atoms with Gasteiger partial charge in [-0.3, -0.25) is 9.78 Å². The highest BCUT2D eigenvalue weighted by Gasteiger charge is 2.41. The van der Waals surface area contributed by atoms with Gasteiger partial charge in [0.2, 0.25) is 10.0 Å². The Morgan fingerprint density at radius 2 is 2.15 bits per heavy atom. The third-order valence-electron chi connectivity index (χ3n) is 2.36. The lowest BCUT2D eigenvalue weighted by atomic mass is 10.0. The van der Waals surface area contributed by atoms with Crippen molar-refractivity contribution in [3.63, 3.8) is 0 Å². The molecule has 0 radical (unpaired) electrons. The molecule has 0 bridgehead atoms. The largest absolute Gasteiger partial charge is 0.481 e. The van der Waals surface area contributed by atoms with Gasteiger partial charge < -0.3 is 5.11 Å². The molecule has 112 valence electrons. The molecular formula is C10H11ClF2N2O4S. The molecule has 0 spiro atoms. The number of hydrogen-bond donors (Lipinski definition) is 2. The van der Waals surface area contributed by atoms with Crippen molar-refractivity contribution in [1.29, 1.82) is 0 Å². The quantitative estimate of drug-likeness (QED) is 0.825. The van der Waals surface area contributed by atoms with Crippen LogP contribution in [0.4, 0.5) is 8.78 Å². The summed E-state index contributed by atoms with van der Waals surface area (Å²) >= 11 is 5.57. The molecule has 20 heavy (non-hydrogen) atoms. The van der Waals surface area contributed by atoms with E-state index in [9.17, 15) is 22.0 Å². The summed E-state index contributed by atoms with van der Waals surface area (Å²) in [5, 5.41) is 8.61. The maximum atomic E-state index is 12.9. The number of hydrogen-bond acceptors (Lipinski definition) is 4. The number of nitrogens with one attached hydrogen (secondary N) is 1. The Bertz CT molecular complexity index is 611. The number of sulfonamides is 1. The first-order valence-corrected chi connectivity index (χ1v) is 7.07. The number of halogens is 3. The highest BCUT2D eigenvalue weighted by atomic mass is 35.5. The molecule has 0 aromatic carbocycles. The van der Waals surface area contributed by atoms with Crippen LogP contribution < -0.4 is 4.72 Å². The Labute approximate surface area is 118 Å². The third-order valence-corrected chi connectivity index (χ3v) is 4.14. The molecule has 1 rings (SSSR count). The van der Waals surface area contributed by atoms with Crippen molar-refractivity contribution >= 4 is 27.6 Å². The molecule has 0 aliphatic carbocycles. The third kappa shape index (κ3) is 4.09. The van der Waals surface area contributed by atoms with E-state index in [-0.39, 0.29) is 5.02 Å². The second kappa shape index (κ2) is 5.98. The van der Waals surface area contributed by atoms with Crippen LogP contribution in [-0.4, -0.2) is 36.4 Å². The minimum Gasteiger partial charge on any atom is -0.481 e. The predicted octanol–water partition coefficient (Wildman–Crippen LogP) is 1.51. The van der Waals surface area contributed by atoms with E-state index >= 15 is 0 Å². The maximum absolute atomic E-state index is 12.9. The summed E-state index contributed by atoms with van der Waals surface area (Å²) in [6, 6.07) is 1.02. The zero-order valence-electron chi connectivity index (χ0n) is 10.2. The second-order valence-electron chi connectivity index (χ2n) is 4.23. The Balaban J connectivity index is 3.13. The van der Waals surface area contributed by atoms with Crippen molar-refractivity contribution in [2.75, 3.05) is 0 Å². The van der Waals surface area contributed by atoms with Gasteiger partial charge in [0, 0.05) is 12.4 Å². The average molecular weight is 329 g/mol. The van der Waals surface area contributed by atoms with E-state index in [2.05, 4.69) is 4.98 Å². The molecule has 0 aliphatic heterocycles. The van der Waals surface area contributed by atoms with E-state index in [1.807, 2.05) is 0 Å². The number of pyridine rings is 1. The molecule has 1 atom stereocenters. The fourth-order valence-electron chi connectivity index (χ4n) is 1.38. The van der Waals surface area contributed by atoms with Crippen LogP contribution in [0.5, 0.6) is 0 Å². The molecule has 0 fully saturated rings. The summed E-state index contributed by atoms with van der Waals surface area (Å²) in [6.45, 7) is 0.807. The van der Waals surface area contributed by atoms with Crippen LogP contribution in [0, 0.1) is 0 Å². The summed E-state index contributed by atoms with van der Waals surface area (Å²) < 4.78 is 51.5. The topological polar surface area (TPSA) is 96.4 Å². The second-order valence-corrected chi connectivity index (χ2v) is 6.35. The fraction of sp³-hybridized carbons (Fsp3) is 0.400. The van der Waals surface area contributed by atoms with Gasteiger partial charge in [0.25, 0.3) is 6.43 Å². The van der Waals surface area contributed by atoms with Gasteiger partial charge in [-0.1, -0.05) is 11.6 Å². The van der Waals surface area contributed by atoms with Crippen LogP contribution in [0.1, 0.15) is 13.3 Å². The number of alkyl halides is 2. The number of carbonyl (C=O) groups is 1. The standard InChI is InChI=1S/C10H11ClF2N2O4S/c1-10(9(12)13,3-8(16)17)15-20(18,19)7-2-6(11)4-14-5-7/h2,4-5,9,15H,3H2,1H3,(H,16,17). The number of rotatable bonds is 6. The van der Waals surface area contributed by atoms with Gasteiger partial charge in [0.05, 0.1) is 11.4 Å². The van der Waals surface area contributed by atoms with Gasteiger partial charge in [-0.15, -0.1) is 0 Å². The molecule has 6 nitrogen and oxygen atoms in total. The lowest BCUT2D eigenvalue weighted by molar-refractivity contribution is -0.140. The van der Waals surface area contributed by atoms with Gasteiger partial charge in [0.15, 0.2) is 0 Å². The summed E-state index contributed by atoms with van der Waals surface area (Å²) in [6.07, 6.45) is -2.19. The van der Waals surface area contributed by atoms with Crippen molar-refractivity contribution in [2.45, 2.75) is 30.2 Å². The van der Waals surface area contributed by atoms with E-state index < -0.39 is 39.3 Å². The fourth-order valence-corrected chi connectivity index (χ4v) is 2.99. The number of aromatic nitrogens is 1. The maximum Gasteiger partial charge on any atom is 0.305 e. The molecule has 0 amide bonds. The van der Waals surface area contributed by atoms with Crippen LogP contribution in [0.3, 0.4) is 0 Å². The molecule has 2 N–H and O–H groups in total. The minimum atomic E-state index is -4.37. The number of carboxylic acids is 1. The summed E-state index contributed by atoms with van der Waals surface area (Å²) in [7, 11) is -4.37. The molecule has 0 saturated heterocycles. The van der Waals surface area contributed by atoms with Gasteiger partial charge in [0.1, 0.15) is 10.4 Å². The Morgan fingerprint density at radius 3 is 2.60 bits per heavy atom. The highest BCUT2D eigenvalue weighted by Crippen LogP contribution is 2.23. The SMILES string of the molecule is CC(CC(=O)O)(NS(=O)(=O)c1cncc(Cl)c1)C(F)F.